The van der Waals surface area contributed by atoms with Gasteiger partial charge in [-0.15, -0.1) is 0 Å². The lowest BCUT2D eigenvalue weighted by atomic mass is 10.0. The summed E-state index contributed by atoms with van der Waals surface area (Å²) in [4.78, 5) is 0. The Balaban J connectivity index is 1.78. The summed E-state index contributed by atoms with van der Waals surface area (Å²) in [5, 5.41) is 9.44. The second-order valence-corrected chi connectivity index (χ2v) is 6.98. The van der Waals surface area contributed by atoms with Crippen molar-refractivity contribution >= 4 is 0 Å². The van der Waals surface area contributed by atoms with Crippen LogP contribution in [0.1, 0.15) is 96.0 Å². The van der Waals surface area contributed by atoms with Crippen molar-refractivity contribution in [3.05, 3.63) is 42.0 Å². The molecule has 0 aromatic heterocycles. The van der Waals surface area contributed by atoms with Crippen molar-refractivity contribution in [3.8, 4) is 5.75 Å². The quantitative estimate of drug-likeness (QED) is 0.259. The molecule has 24 heavy (non-hydrogen) atoms. The SMILES string of the molecule is CC/C=C/CCCCCCCCCCCCCc1cccc(O)c1. The largest absolute Gasteiger partial charge is 0.508 e. The molecule has 0 saturated heterocycles. The van der Waals surface area contributed by atoms with Gasteiger partial charge in [-0.25, -0.2) is 0 Å². The zero-order chi connectivity index (χ0) is 17.3. The molecule has 0 bridgehead atoms. The van der Waals surface area contributed by atoms with Gasteiger partial charge in [0.15, 0.2) is 0 Å². The lowest BCUT2D eigenvalue weighted by Gasteiger charge is -2.04. The average molecular weight is 331 g/mol. The molecule has 1 nitrogen and oxygen atoms in total. The summed E-state index contributed by atoms with van der Waals surface area (Å²) in [5.74, 6) is 0.393. The van der Waals surface area contributed by atoms with Crippen molar-refractivity contribution < 1.29 is 5.11 Å². The van der Waals surface area contributed by atoms with Gasteiger partial charge in [0.05, 0.1) is 0 Å². The maximum Gasteiger partial charge on any atom is 0.115 e. The Morgan fingerprint density at radius 2 is 1.33 bits per heavy atom. The number of benzene rings is 1. The fraction of sp³-hybridized carbons (Fsp3) is 0.652. The number of aryl methyl sites for hydroxylation is 1. The van der Waals surface area contributed by atoms with E-state index in [2.05, 4.69) is 25.1 Å². The Bertz CT molecular complexity index is 422. The van der Waals surface area contributed by atoms with Crippen LogP contribution in [0.4, 0.5) is 0 Å². The van der Waals surface area contributed by atoms with Crippen molar-refractivity contribution in [2.24, 2.45) is 0 Å². The van der Waals surface area contributed by atoms with Gasteiger partial charge in [-0.05, 0) is 49.8 Å². The van der Waals surface area contributed by atoms with E-state index < -0.39 is 0 Å². The minimum atomic E-state index is 0.393. The van der Waals surface area contributed by atoms with E-state index in [4.69, 9.17) is 0 Å². The van der Waals surface area contributed by atoms with Crippen molar-refractivity contribution in [2.75, 3.05) is 0 Å². The molecule has 0 spiro atoms. The zero-order valence-corrected chi connectivity index (χ0v) is 15.8. The van der Waals surface area contributed by atoms with Gasteiger partial charge in [-0.1, -0.05) is 89.0 Å². The van der Waals surface area contributed by atoms with Gasteiger partial charge >= 0.3 is 0 Å². The minimum Gasteiger partial charge on any atom is -0.508 e. The number of unbranched alkanes of at least 4 members (excludes halogenated alkanes) is 11. The predicted octanol–water partition coefficient (Wildman–Crippen LogP) is 7.58. The van der Waals surface area contributed by atoms with Gasteiger partial charge in [0.25, 0.3) is 0 Å². The summed E-state index contributed by atoms with van der Waals surface area (Å²) in [6.07, 6.45) is 23.4. The van der Waals surface area contributed by atoms with Crippen molar-refractivity contribution in [1.29, 1.82) is 0 Å². The van der Waals surface area contributed by atoms with E-state index in [1.807, 2.05) is 12.1 Å². The fourth-order valence-electron chi connectivity index (χ4n) is 3.18. The number of rotatable bonds is 15. The van der Waals surface area contributed by atoms with Crippen LogP contribution in [-0.4, -0.2) is 5.11 Å². The van der Waals surface area contributed by atoms with Crippen LogP contribution in [0.15, 0.2) is 36.4 Å². The third-order valence-electron chi connectivity index (χ3n) is 4.65. The van der Waals surface area contributed by atoms with Crippen molar-refractivity contribution in [1.82, 2.24) is 0 Å². The van der Waals surface area contributed by atoms with Gasteiger partial charge in [0, 0.05) is 0 Å². The number of phenols is 1. The minimum absolute atomic E-state index is 0.393. The maximum absolute atomic E-state index is 9.44. The smallest absolute Gasteiger partial charge is 0.115 e. The first kappa shape index (κ1) is 20.8. The Morgan fingerprint density at radius 3 is 1.92 bits per heavy atom. The Kier molecular flexibility index (Phi) is 13.3. The second-order valence-electron chi connectivity index (χ2n) is 6.98. The molecule has 136 valence electrons. The highest BCUT2D eigenvalue weighted by Gasteiger charge is 1.96. The molecule has 0 heterocycles. The molecule has 0 aliphatic heterocycles. The molecule has 1 N–H and O–H groups in total. The Labute approximate surface area is 150 Å². The van der Waals surface area contributed by atoms with Crippen LogP contribution in [-0.2, 0) is 6.42 Å². The second kappa shape index (κ2) is 15.3. The molecule has 0 atom stereocenters. The van der Waals surface area contributed by atoms with E-state index in [0.717, 1.165) is 6.42 Å². The number of hydrogen-bond donors (Lipinski definition) is 1. The van der Waals surface area contributed by atoms with Gasteiger partial charge in [0.1, 0.15) is 5.75 Å². The van der Waals surface area contributed by atoms with Crippen molar-refractivity contribution in [2.45, 2.75) is 96.8 Å². The van der Waals surface area contributed by atoms with E-state index in [1.165, 1.54) is 89.0 Å². The molecule has 1 aromatic carbocycles. The molecule has 0 unspecified atom stereocenters. The molecule has 0 radical (unpaired) electrons. The monoisotopic (exact) mass is 330 g/mol. The van der Waals surface area contributed by atoms with Crippen LogP contribution in [0.25, 0.3) is 0 Å². The Morgan fingerprint density at radius 1 is 0.750 bits per heavy atom. The standard InChI is InChI=1S/C23H38O/c1-2-3-4-5-6-7-8-9-10-11-12-13-14-15-16-18-22-19-17-20-23(24)21-22/h3-4,17,19-21,24H,2,5-16,18H2,1H3/b4-3+. The van der Waals surface area contributed by atoms with E-state index in [9.17, 15) is 5.11 Å². The Hall–Kier alpha value is -1.24. The number of allylic oxidation sites excluding steroid dienone is 2. The number of aromatic hydroxyl groups is 1. The van der Waals surface area contributed by atoms with E-state index in [0.29, 0.717) is 5.75 Å². The first-order valence-corrected chi connectivity index (χ1v) is 10.3. The highest BCUT2D eigenvalue weighted by Crippen LogP contribution is 2.15. The lowest BCUT2D eigenvalue weighted by Crippen LogP contribution is -1.86. The molecule has 0 aliphatic carbocycles. The van der Waals surface area contributed by atoms with Gasteiger partial charge in [-0.3, -0.25) is 0 Å². The first-order valence-electron chi connectivity index (χ1n) is 10.3. The summed E-state index contributed by atoms with van der Waals surface area (Å²) < 4.78 is 0. The number of hydrogen-bond acceptors (Lipinski definition) is 1. The summed E-state index contributed by atoms with van der Waals surface area (Å²) in [6.45, 7) is 2.20. The van der Waals surface area contributed by atoms with Crippen LogP contribution in [0, 0.1) is 0 Å². The maximum atomic E-state index is 9.44. The van der Waals surface area contributed by atoms with Gasteiger partial charge in [0.2, 0.25) is 0 Å². The topological polar surface area (TPSA) is 20.2 Å². The van der Waals surface area contributed by atoms with Gasteiger partial charge in [-0.2, -0.15) is 0 Å². The first-order chi connectivity index (χ1) is 11.8. The molecule has 0 saturated carbocycles. The summed E-state index contributed by atoms with van der Waals surface area (Å²) in [5.41, 5.74) is 1.26. The molecule has 0 fully saturated rings. The van der Waals surface area contributed by atoms with Crippen molar-refractivity contribution in [3.63, 3.8) is 0 Å². The predicted molar refractivity (Wildman–Crippen MR) is 107 cm³/mol. The molecule has 0 amide bonds. The zero-order valence-electron chi connectivity index (χ0n) is 15.8. The average Bonchev–Trinajstić information content (AvgIpc) is 2.58. The lowest BCUT2D eigenvalue weighted by molar-refractivity contribution is 0.474. The molecular formula is C23H38O. The summed E-state index contributed by atoms with van der Waals surface area (Å²) in [7, 11) is 0. The van der Waals surface area contributed by atoms with E-state index in [1.54, 1.807) is 6.07 Å². The van der Waals surface area contributed by atoms with Crippen LogP contribution in [0.5, 0.6) is 5.75 Å². The van der Waals surface area contributed by atoms with E-state index in [-0.39, 0.29) is 0 Å². The molecule has 1 rings (SSSR count). The van der Waals surface area contributed by atoms with E-state index >= 15 is 0 Å². The molecule has 1 aromatic rings. The van der Waals surface area contributed by atoms with Crippen LogP contribution in [0.2, 0.25) is 0 Å². The molecule has 0 aliphatic rings. The summed E-state index contributed by atoms with van der Waals surface area (Å²) >= 11 is 0. The van der Waals surface area contributed by atoms with Gasteiger partial charge < -0.3 is 5.11 Å². The molecule has 1 heteroatoms. The normalized spacial score (nSPS) is 11.4. The van der Waals surface area contributed by atoms with Crippen LogP contribution in [0.3, 0.4) is 0 Å². The third-order valence-corrected chi connectivity index (χ3v) is 4.65. The molecular weight excluding hydrogens is 292 g/mol. The third kappa shape index (κ3) is 12.2. The van der Waals surface area contributed by atoms with Crippen LogP contribution < -0.4 is 0 Å². The highest BCUT2D eigenvalue weighted by molar-refractivity contribution is 5.27. The highest BCUT2D eigenvalue weighted by atomic mass is 16.3. The number of phenolic OH excluding ortho intramolecular Hbond substituents is 1. The summed E-state index contributed by atoms with van der Waals surface area (Å²) in [6, 6.07) is 7.68. The van der Waals surface area contributed by atoms with Crippen LogP contribution >= 0.6 is 0 Å². The fourth-order valence-corrected chi connectivity index (χ4v) is 3.18.